The molecule has 0 spiro atoms. The van der Waals surface area contributed by atoms with Crippen molar-refractivity contribution < 1.29 is 9.90 Å². The zero-order valence-corrected chi connectivity index (χ0v) is 7.48. The van der Waals surface area contributed by atoms with Crippen LogP contribution in [0.1, 0.15) is 10.4 Å². The van der Waals surface area contributed by atoms with Crippen molar-refractivity contribution in [1.82, 2.24) is 0 Å². The van der Waals surface area contributed by atoms with Crippen molar-refractivity contribution in [1.29, 1.82) is 0 Å². The van der Waals surface area contributed by atoms with E-state index in [4.69, 9.17) is 5.11 Å². The Morgan fingerprint density at radius 3 is 1.83 bits per heavy atom. The SMILES string of the molecule is I.O=C(O)c1ccccc1.[KH].[NaH]. The molecule has 0 saturated carbocycles. The molecule has 1 N–H and O–H groups in total. The average Bonchev–Trinajstić information content (AvgIpc) is 1.90. The van der Waals surface area contributed by atoms with E-state index >= 15 is 0 Å². The van der Waals surface area contributed by atoms with Crippen molar-refractivity contribution in [3.63, 3.8) is 0 Å². The fraction of sp³-hybridized carbons (Fsp3) is 0. The number of carboxylic acid groups (broad SMARTS) is 1. The summed E-state index contributed by atoms with van der Waals surface area (Å²) in [5, 5.41) is 8.38. The number of benzene rings is 1. The van der Waals surface area contributed by atoms with E-state index in [1.54, 1.807) is 30.3 Å². The van der Waals surface area contributed by atoms with E-state index in [0.717, 1.165) is 0 Å². The molecule has 1 aromatic rings. The van der Waals surface area contributed by atoms with Crippen LogP contribution in [-0.4, -0.2) is 92.0 Å². The maximum atomic E-state index is 10.2. The zero-order valence-electron chi connectivity index (χ0n) is 5.15. The van der Waals surface area contributed by atoms with E-state index in [9.17, 15) is 4.79 Å². The summed E-state index contributed by atoms with van der Waals surface area (Å²) in [4.78, 5) is 10.2. The predicted octanol–water partition coefficient (Wildman–Crippen LogP) is 0.706. The third kappa shape index (κ3) is 7.46. The van der Waals surface area contributed by atoms with Crippen LogP contribution in [0.3, 0.4) is 0 Å². The molecule has 0 unspecified atom stereocenters. The van der Waals surface area contributed by atoms with Gasteiger partial charge < -0.3 is 5.11 Å². The molecule has 58 valence electrons. The molecular weight excluding hydrogens is 305 g/mol. The van der Waals surface area contributed by atoms with Crippen LogP contribution >= 0.6 is 24.0 Å². The molecule has 0 radical (unpaired) electrons. The van der Waals surface area contributed by atoms with Gasteiger partial charge in [-0.25, -0.2) is 4.79 Å². The molecule has 5 heteroatoms. The van der Waals surface area contributed by atoms with Gasteiger partial charge in [-0.05, 0) is 12.1 Å². The molecule has 1 rings (SSSR count). The molecule has 0 fully saturated rings. The summed E-state index contributed by atoms with van der Waals surface area (Å²) in [7, 11) is 0. The van der Waals surface area contributed by atoms with Gasteiger partial charge in [0.2, 0.25) is 0 Å². The molecular formula is C7H9IKNaO2. The Morgan fingerprint density at radius 2 is 1.58 bits per heavy atom. The third-order valence-corrected chi connectivity index (χ3v) is 1.02. The van der Waals surface area contributed by atoms with Gasteiger partial charge in [-0.2, -0.15) is 0 Å². The Morgan fingerprint density at radius 1 is 1.17 bits per heavy atom. The Balaban J connectivity index is -0.000000270. The average molecular weight is 314 g/mol. The summed E-state index contributed by atoms with van der Waals surface area (Å²) in [6, 6.07) is 8.30. The van der Waals surface area contributed by atoms with Crippen molar-refractivity contribution in [2.45, 2.75) is 0 Å². The molecule has 12 heavy (non-hydrogen) atoms. The van der Waals surface area contributed by atoms with Gasteiger partial charge in [0.25, 0.3) is 0 Å². The van der Waals surface area contributed by atoms with Gasteiger partial charge in [0.15, 0.2) is 0 Å². The van der Waals surface area contributed by atoms with Gasteiger partial charge in [-0.1, -0.05) is 18.2 Å². The van der Waals surface area contributed by atoms with E-state index < -0.39 is 5.97 Å². The minimum atomic E-state index is -0.879. The molecule has 0 aromatic heterocycles. The second-order valence-corrected chi connectivity index (χ2v) is 1.67. The zero-order chi connectivity index (χ0) is 6.69. The number of carbonyl (C=O) groups is 1. The quantitative estimate of drug-likeness (QED) is 0.612. The van der Waals surface area contributed by atoms with E-state index in [2.05, 4.69) is 0 Å². The van der Waals surface area contributed by atoms with Gasteiger partial charge in [-0.15, -0.1) is 24.0 Å². The van der Waals surface area contributed by atoms with Crippen molar-refractivity contribution in [2.24, 2.45) is 0 Å². The molecule has 0 amide bonds. The monoisotopic (exact) mass is 314 g/mol. The maximum absolute atomic E-state index is 10.2. The van der Waals surface area contributed by atoms with Crippen LogP contribution in [0.25, 0.3) is 0 Å². The van der Waals surface area contributed by atoms with Crippen molar-refractivity contribution in [3.8, 4) is 0 Å². The van der Waals surface area contributed by atoms with Crippen LogP contribution < -0.4 is 0 Å². The molecule has 1 aromatic carbocycles. The molecule has 0 saturated heterocycles. The Hall–Kier alpha value is 2.06. The number of halogens is 1. The molecule has 0 bridgehead atoms. The van der Waals surface area contributed by atoms with Crippen molar-refractivity contribution in [2.75, 3.05) is 0 Å². The van der Waals surface area contributed by atoms with Gasteiger partial charge in [0.05, 0.1) is 5.56 Å². The molecule has 0 aliphatic carbocycles. The standard InChI is InChI=1S/C7H6O2.HI.K.Na.2H/c8-7(9)6-4-2-1-3-5-6;;;;;/h1-5H,(H,8,9);1H;;;;. The van der Waals surface area contributed by atoms with Crippen LogP contribution in [0.5, 0.6) is 0 Å². The molecule has 0 aliphatic rings. The number of carboxylic acids is 1. The molecule has 2 nitrogen and oxygen atoms in total. The second kappa shape index (κ2) is 11.1. The Bertz CT molecular complexity index is 218. The van der Waals surface area contributed by atoms with Gasteiger partial charge in [0, 0.05) is 0 Å². The molecule has 0 atom stereocenters. The molecule has 0 heterocycles. The van der Waals surface area contributed by atoms with E-state index in [1.807, 2.05) is 0 Å². The first-order valence-corrected chi connectivity index (χ1v) is 2.59. The van der Waals surface area contributed by atoms with Crippen molar-refractivity contribution >= 4 is 111 Å². The number of hydrogen-bond donors (Lipinski definition) is 1. The fourth-order valence-electron chi connectivity index (χ4n) is 0.581. The van der Waals surface area contributed by atoms with Crippen LogP contribution in [0, 0.1) is 0 Å². The first-order valence-electron chi connectivity index (χ1n) is 2.59. The number of aromatic carboxylic acids is 1. The summed E-state index contributed by atoms with van der Waals surface area (Å²) in [5.74, 6) is -0.879. The van der Waals surface area contributed by atoms with E-state index in [-0.39, 0.29) is 105 Å². The van der Waals surface area contributed by atoms with E-state index in [1.165, 1.54) is 0 Å². The normalized spacial score (nSPS) is 6.67. The minimum absolute atomic E-state index is 0. The second-order valence-electron chi connectivity index (χ2n) is 1.67. The number of hydrogen-bond acceptors (Lipinski definition) is 1. The summed E-state index contributed by atoms with van der Waals surface area (Å²) in [6.45, 7) is 0. The Kier molecular flexibility index (Phi) is 18.2. The molecule has 0 aliphatic heterocycles. The van der Waals surface area contributed by atoms with Crippen LogP contribution in [-0.2, 0) is 0 Å². The Labute approximate surface area is 153 Å². The van der Waals surface area contributed by atoms with Gasteiger partial charge in [0.1, 0.15) is 0 Å². The van der Waals surface area contributed by atoms with Gasteiger partial charge >= 0.3 is 86.9 Å². The first-order chi connectivity index (χ1) is 4.30. The van der Waals surface area contributed by atoms with E-state index in [0.29, 0.717) is 5.56 Å². The topological polar surface area (TPSA) is 37.3 Å². The summed E-state index contributed by atoms with van der Waals surface area (Å²) in [5.41, 5.74) is 0.331. The van der Waals surface area contributed by atoms with Crippen LogP contribution in [0.4, 0.5) is 0 Å². The summed E-state index contributed by atoms with van der Waals surface area (Å²) in [6.07, 6.45) is 0. The fourth-order valence-corrected chi connectivity index (χ4v) is 0.581. The van der Waals surface area contributed by atoms with Crippen LogP contribution in [0.15, 0.2) is 30.3 Å². The third-order valence-electron chi connectivity index (χ3n) is 1.02. The summed E-state index contributed by atoms with van der Waals surface area (Å²) >= 11 is 0. The summed E-state index contributed by atoms with van der Waals surface area (Å²) < 4.78 is 0. The van der Waals surface area contributed by atoms with Gasteiger partial charge in [-0.3, -0.25) is 0 Å². The first kappa shape index (κ1) is 19.6. The number of rotatable bonds is 1. The van der Waals surface area contributed by atoms with Crippen molar-refractivity contribution in [3.05, 3.63) is 35.9 Å². The van der Waals surface area contributed by atoms with Crippen LogP contribution in [0.2, 0.25) is 0 Å². The predicted molar refractivity (Wildman–Crippen MR) is 63.1 cm³/mol.